The van der Waals surface area contributed by atoms with Crippen LogP contribution in [0, 0.1) is 5.82 Å². The highest BCUT2D eigenvalue weighted by Crippen LogP contribution is 2.22. The van der Waals surface area contributed by atoms with Gasteiger partial charge in [0.2, 0.25) is 5.91 Å². The summed E-state index contributed by atoms with van der Waals surface area (Å²) in [6.45, 7) is 2.13. The highest BCUT2D eigenvalue weighted by Gasteiger charge is 2.46. The number of anilines is 1. The lowest BCUT2D eigenvalue weighted by Crippen LogP contribution is -3.19. The van der Waals surface area contributed by atoms with Crippen molar-refractivity contribution in [3.8, 4) is 0 Å². The summed E-state index contributed by atoms with van der Waals surface area (Å²) in [5.74, 6) is -0.836. The van der Waals surface area contributed by atoms with E-state index in [1.165, 1.54) is 30.5 Å². The van der Waals surface area contributed by atoms with Crippen molar-refractivity contribution in [2.45, 2.75) is 12.5 Å². The molecule has 0 radical (unpaired) electrons. The van der Waals surface area contributed by atoms with Crippen LogP contribution in [0.2, 0.25) is 0 Å². The number of benzene rings is 1. The van der Waals surface area contributed by atoms with E-state index in [-0.39, 0.29) is 24.1 Å². The Morgan fingerprint density at radius 1 is 1.11 bits per heavy atom. The molecule has 2 aliphatic heterocycles. The van der Waals surface area contributed by atoms with Gasteiger partial charge in [-0.15, -0.1) is 0 Å². The van der Waals surface area contributed by atoms with Gasteiger partial charge in [-0.1, -0.05) is 0 Å². The van der Waals surface area contributed by atoms with E-state index in [0.29, 0.717) is 37.6 Å². The minimum atomic E-state index is -0.469. The molecule has 0 unspecified atom stereocenters. The Balaban J connectivity index is 1.41. The van der Waals surface area contributed by atoms with Crippen LogP contribution in [0.5, 0.6) is 0 Å². The second-order valence-electron chi connectivity index (χ2n) is 6.73. The van der Waals surface area contributed by atoms with Gasteiger partial charge in [0.1, 0.15) is 5.82 Å². The van der Waals surface area contributed by atoms with Crippen molar-refractivity contribution in [1.29, 1.82) is 0 Å². The quantitative estimate of drug-likeness (QED) is 0.775. The summed E-state index contributed by atoms with van der Waals surface area (Å²) in [5, 5.41) is 0. The van der Waals surface area contributed by atoms with Crippen LogP contribution in [0.15, 0.2) is 47.1 Å². The van der Waals surface area contributed by atoms with E-state index in [1.54, 1.807) is 17.0 Å². The van der Waals surface area contributed by atoms with Gasteiger partial charge in [0.25, 0.3) is 11.8 Å². The average molecular weight is 372 g/mol. The molecule has 2 fully saturated rings. The van der Waals surface area contributed by atoms with Gasteiger partial charge >= 0.3 is 0 Å². The number of nitrogens with one attached hydrogen (secondary N) is 1. The summed E-state index contributed by atoms with van der Waals surface area (Å²) < 4.78 is 18.3. The van der Waals surface area contributed by atoms with Crippen LogP contribution in [0.3, 0.4) is 0 Å². The number of hydrogen-bond donors (Lipinski definition) is 1. The zero-order valence-corrected chi connectivity index (χ0v) is 14.6. The second kappa shape index (κ2) is 6.96. The van der Waals surface area contributed by atoms with Gasteiger partial charge in [-0.25, -0.2) is 9.29 Å². The van der Waals surface area contributed by atoms with Crippen LogP contribution in [0.4, 0.5) is 10.1 Å². The van der Waals surface area contributed by atoms with E-state index >= 15 is 0 Å². The molecule has 2 saturated heterocycles. The second-order valence-corrected chi connectivity index (χ2v) is 6.73. The maximum absolute atomic E-state index is 13.1. The molecule has 7 nitrogen and oxygen atoms in total. The first-order valence-electron chi connectivity index (χ1n) is 8.84. The van der Waals surface area contributed by atoms with Crippen LogP contribution in [0.25, 0.3) is 0 Å². The molecule has 3 amide bonds. The highest BCUT2D eigenvalue weighted by atomic mass is 19.1. The molecule has 3 heterocycles. The van der Waals surface area contributed by atoms with Crippen LogP contribution in [0.1, 0.15) is 17.0 Å². The van der Waals surface area contributed by atoms with Crippen LogP contribution < -0.4 is 9.80 Å². The number of rotatable bonds is 3. The van der Waals surface area contributed by atoms with Crippen molar-refractivity contribution in [2.24, 2.45) is 0 Å². The Hall–Kier alpha value is -3.00. The molecular weight excluding hydrogens is 353 g/mol. The lowest BCUT2D eigenvalue weighted by molar-refractivity contribution is -0.918. The first-order valence-corrected chi connectivity index (χ1v) is 8.84. The van der Waals surface area contributed by atoms with Crippen LogP contribution >= 0.6 is 0 Å². The summed E-state index contributed by atoms with van der Waals surface area (Å²) in [4.78, 5) is 41.3. The maximum Gasteiger partial charge on any atom is 0.292 e. The zero-order chi connectivity index (χ0) is 19.0. The molecule has 0 saturated carbocycles. The summed E-state index contributed by atoms with van der Waals surface area (Å²) in [5.41, 5.74) is 0.389. The van der Waals surface area contributed by atoms with Crippen molar-refractivity contribution in [3.63, 3.8) is 0 Å². The van der Waals surface area contributed by atoms with Gasteiger partial charge in [-0.2, -0.15) is 0 Å². The number of hydrogen-bond acceptors (Lipinski definition) is 4. The molecule has 0 bridgehead atoms. The molecule has 140 valence electrons. The first kappa shape index (κ1) is 17.4. The molecular formula is C19H19FN3O4+. The largest absolute Gasteiger partial charge is 0.459 e. The number of quaternary nitrogens is 1. The molecule has 1 aromatic carbocycles. The monoisotopic (exact) mass is 372 g/mol. The minimum Gasteiger partial charge on any atom is -0.459 e. The van der Waals surface area contributed by atoms with E-state index in [4.69, 9.17) is 4.42 Å². The van der Waals surface area contributed by atoms with Gasteiger partial charge in [-0.05, 0) is 36.4 Å². The van der Waals surface area contributed by atoms with Crippen molar-refractivity contribution in [1.82, 2.24) is 4.90 Å². The zero-order valence-electron chi connectivity index (χ0n) is 14.6. The third-order valence-electron chi connectivity index (χ3n) is 5.15. The Morgan fingerprint density at radius 3 is 2.44 bits per heavy atom. The number of furan rings is 1. The van der Waals surface area contributed by atoms with Crippen LogP contribution in [-0.4, -0.2) is 54.8 Å². The Bertz CT molecular complexity index is 858. The molecule has 27 heavy (non-hydrogen) atoms. The van der Waals surface area contributed by atoms with Crippen molar-refractivity contribution in [3.05, 3.63) is 54.2 Å². The summed E-state index contributed by atoms with van der Waals surface area (Å²) in [6, 6.07) is 8.15. The Kier molecular flexibility index (Phi) is 4.49. The number of imide groups is 1. The van der Waals surface area contributed by atoms with Crippen LogP contribution in [-0.2, 0) is 9.59 Å². The van der Waals surface area contributed by atoms with Gasteiger partial charge in [0.15, 0.2) is 11.8 Å². The van der Waals surface area contributed by atoms with E-state index in [0.717, 1.165) is 9.80 Å². The third-order valence-corrected chi connectivity index (χ3v) is 5.15. The van der Waals surface area contributed by atoms with Gasteiger partial charge in [0, 0.05) is 0 Å². The Labute approximate surface area is 154 Å². The predicted molar refractivity (Wildman–Crippen MR) is 92.6 cm³/mol. The van der Waals surface area contributed by atoms with E-state index in [1.807, 2.05) is 0 Å². The third kappa shape index (κ3) is 3.23. The van der Waals surface area contributed by atoms with Crippen molar-refractivity contribution in [2.75, 3.05) is 31.1 Å². The normalized spacial score (nSPS) is 21.1. The Morgan fingerprint density at radius 2 is 1.81 bits per heavy atom. The van der Waals surface area contributed by atoms with Crippen molar-refractivity contribution >= 4 is 23.4 Å². The van der Waals surface area contributed by atoms with Gasteiger partial charge in [0.05, 0.1) is 44.6 Å². The molecule has 0 aliphatic carbocycles. The molecule has 1 atom stereocenters. The molecule has 4 rings (SSSR count). The number of carbonyl (C=O) groups excluding carboxylic acids is 3. The number of carbonyl (C=O) groups is 3. The molecule has 2 aliphatic rings. The molecule has 0 spiro atoms. The smallest absolute Gasteiger partial charge is 0.292 e. The number of halogens is 1. The first-order chi connectivity index (χ1) is 13.0. The standard InChI is InChI=1S/C19H18FN3O4/c20-13-3-5-14(6-4-13)23-17(24)12-15(18(23)25)21-7-9-22(10-8-21)19(26)16-2-1-11-27-16/h1-6,11,15H,7-10,12H2/p+1/t15-/m1/s1. The number of nitrogens with zero attached hydrogens (tertiary/aromatic N) is 2. The maximum atomic E-state index is 13.1. The fraction of sp³-hybridized carbons (Fsp3) is 0.316. The lowest BCUT2D eigenvalue weighted by atomic mass is 10.1. The summed E-state index contributed by atoms with van der Waals surface area (Å²) in [6.07, 6.45) is 1.58. The average Bonchev–Trinajstić information content (AvgIpc) is 3.31. The van der Waals surface area contributed by atoms with E-state index in [9.17, 15) is 18.8 Å². The highest BCUT2D eigenvalue weighted by molar-refractivity contribution is 6.21. The number of amides is 3. The molecule has 2 aromatic rings. The van der Waals surface area contributed by atoms with Gasteiger partial charge < -0.3 is 14.2 Å². The summed E-state index contributed by atoms with van der Waals surface area (Å²) in [7, 11) is 0. The van der Waals surface area contributed by atoms with Gasteiger partial charge in [-0.3, -0.25) is 14.4 Å². The summed E-state index contributed by atoms with van der Waals surface area (Å²) >= 11 is 0. The molecule has 1 N–H and O–H groups in total. The topological polar surface area (TPSA) is 75.3 Å². The molecule has 8 heteroatoms. The van der Waals surface area contributed by atoms with E-state index in [2.05, 4.69) is 0 Å². The fourth-order valence-electron chi connectivity index (χ4n) is 3.71. The minimum absolute atomic E-state index is 0.123. The fourth-order valence-corrected chi connectivity index (χ4v) is 3.71. The SMILES string of the molecule is O=C(c1ccco1)N1CC[NH+]([C@@H]2CC(=O)N(c3ccc(F)cc3)C2=O)CC1. The predicted octanol–water partition coefficient (Wildman–Crippen LogP) is 0.0915. The number of piperazine rings is 1. The van der Waals surface area contributed by atoms with E-state index < -0.39 is 11.9 Å². The molecule has 1 aromatic heterocycles. The van der Waals surface area contributed by atoms with Crippen molar-refractivity contribution < 1.29 is 28.1 Å². The lowest BCUT2D eigenvalue weighted by Gasteiger charge is -2.34.